The number of fused-ring (bicyclic) bond motifs is 1. The molecule has 0 bridgehead atoms. The third kappa shape index (κ3) is 5.60. The summed E-state index contributed by atoms with van der Waals surface area (Å²) in [4.78, 5) is 32.1. The summed E-state index contributed by atoms with van der Waals surface area (Å²) in [7, 11) is 0. The number of halogens is 4. The zero-order valence-electron chi connectivity index (χ0n) is 21.6. The van der Waals surface area contributed by atoms with E-state index in [0.717, 1.165) is 18.7 Å². The number of rotatable bonds is 9. The van der Waals surface area contributed by atoms with Gasteiger partial charge in [-0.1, -0.05) is 23.7 Å². The topological polar surface area (TPSA) is 125 Å². The van der Waals surface area contributed by atoms with Gasteiger partial charge in [-0.05, 0) is 36.2 Å². The molecule has 0 amide bonds. The van der Waals surface area contributed by atoms with Crippen LogP contribution in [-0.4, -0.2) is 53.3 Å². The monoisotopic (exact) mass is 596 g/mol. The van der Waals surface area contributed by atoms with Crippen molar-refractivity contribution in [1.29, 1.82) is 0 Å². The van der Waals surface area contributed by atoms with Gasteiger partial charge in [-0.15, -0.1) is 0 Å². The first-order valence-corrected chi connectivity index (χ1v) is 13.1. The average Bonchev–Trinajstić information content (AvgIpc) is 3.28. The molecular weight excluding hydrogens is 577 g/mol. The molecule has 1 saturated heterocycles. The van der Waals surface area contributed by atoms with Crippen molar-refractivity contribution in [2.45, 2.75) is 32.1 Å². The van der Waals surface area contributed by atoms with Crippen molar-refractivity contribution in [1.82, 2.24) is 29.5 Å². The molecule has 1 aliphatic rings. The van der Waals surface area contributed by atoms with Gasteiger partial charge in [-0.3, -0.25) is 4.98 Å². The smallest absolute Gasteiger partial charge is 0.354 e. The number of hydrogen-bond acceptors (Lipinski definition) is 8. The van der Waals surface area contributed by atoms with Crippen LogP contribution < -0.4 is 4.74 Å². The number of aromatic carboxylic acids is 1. The molecule has 214 valence electrons. The molecule has 1 unspecified atom stereocenters. The van der Waals surface area contributed by atoms with Gasteiger partial charge in [0, 0.05) is 24.8 Å². The van der Waals surface area contributed by atoms with Crippen LogP contribution in [-0.2, 0) is 24.3 Å². The van der Waals surface area contributed by atoms with Gasteiger partial charge in [-0.25, -0.2) is 28.5 Å². The molecular formula is C28H20ClF3N6O4. The molecule has 0 spiro atoms. The number of carboxylic acid groups (broad SMARTS) is 1. The lowest BCUT2D eigenvalue weighted by atomic mass is 10.1. The molecule has 1 aromatic carbocycles. The number of carbonyl (C=O) groups is 1. The van der Waals surface area contributed by atoms with E-state index in [9.17, 15) is 18.7 Å². The Morgan fingerprint density at radius 1 is 1.05 bits per heavy atom. The number of pyridine rings is 2. The zero-order chi connectivity index (χ0) is 29.4. The Hall–Kier alpha value is -4.62. The fourth-order valence-corrected chi connectivity index (χ4v) is 4.55. The van der Waals surface area contributed by atoms with Gasteiger partial charge in [0.1, 0.15) is 35.3 Å². The number of imidazole rings is 1. The van der Waals surface area contributed by atoms with Crippen LogP contribution in [0.5, 0.6) is 5.88 Å². The van der Waals surface area contributed by atoms with Crippen molar-refractivity contribution in [3.8, 4) is 17.3 Å². The lowest BCUT2D eigenvalue weighted by molar-refractivity contribution is -0.0590. The number of ether oxygens (including phenoxy) is 2. The lowest BCUT2D eigenvalue weighted by Gasteiger charge is -2.27. The molecule has 4 aromatic heterocycles. The van der Waals surface area contributed by atoms with Crippen molar-refractivity contribution in [2.24, 2.45) is 0 Å². The number of benzene rings is 1. The Balaban J connectivity index is 1.25. The molecule has 5 heterocycles. The fourth-order valence-electron chi connectivity index (χ4n) is 4.40. The average molecular weight is 597 g/mol. The van der Waals surface area contributed by atoms with Gasteiger partial charge in [0.2, 0.25) is 5.82 Å². The van der Waals surface area contributed by atoms with Crippen LogP contribution in [0.3, 0.4) is 0 Å². The molecule has 1 aliphatic heterocycles. The summed E-state index contributed by atoms with van der Waals surface area (Å²) < 4.78 is 56.4. The van der Waals surface area contributed by atoms with Crippen LogP contribution in [0.1, 0.15) is 34.0 Å². The molecule has 1 fully saturated rings. The highest BCUT2D eigenvalue weighted by atomic mass is 35.5. The minimum atomic E-state index is -1.17. The molecule has 10 nitrogen and oxygen atoms in total. The summed E-state index contributed by atoms with van der Waals surface area (Å²) in [6.45, 7) is 0.603. The Morgan fingerprint density at radius 3 is 2.60 bits per heavy atom. The van der Waals surface area contributed by atoms with Crippen molar-refractivity contribution in [3.63, 3.8) is 0 Å². The van der Waals surface area contributed by atoms with E-state index in [1.54, 1.807) is 16.7 Å². The van der Waals surface area contributed by atoms with Crippen LogP contribution in [0.2, 0.25) is 5.02 Å². The van der Waals surface area contributed by atoms with E-state index in [0.29, 0.717) is 35.7 Å². The molecule has 1 N–H and O–H groups in total. The summed E-state index contributed by atoms with van der Waals surface area (Å²) in [5.41, 5.74) is 1.17. The number of hydrogen-bond donors (Lipinski definition) is 1. The minimum Gasteiger partial charge on any atom is -0.477 e. The number of aromatic nitrogens is 6. The standard InChI is InChI=1S/C28H20ClF3N6O4/c29-16-9-19(31)23(33-10-16)13-42-27-20(32)11-34-25(37-27)15-2-1-14(18(30)7-15)8-24-35-21-3-4-22(28(39)40)36-26(21)38(24)12-17-5-6-41-17/h1-4,7,9-11,17H,5-6,8,12-13H2,(H,39,40). The zero-order valence-corrected chi connectivity index (χ0v) is 22.4. The predicted molar refractivity (Wildman–Crippen MR) is 143 cm³/mol. The van der Waals surface area contributed by atoms with E-state index in [-0.39, 0.29) is 40.3 Å². The van der Waals surface area contributed by atoms with Gasteiger partial charge in [0.05, 0.1) is 23.9 Å². The van der Waals surface area contributed by atoms with Crippen LogP contribution in [0.25, 0.3) is 22.6 Å². The van der Waals surface area contributed by atoms with E-state index in [2.05, 4.69) is 24.9 Å². The van der Waals surface area contributed by atoms with E-state index >= 15 is 4.39 Å². The molecule has 0 radical (unpaired) electrons. The summed E-state index contributed by atoms with van der Waals surface area (Å²) in [5.74, 6) is -3.35. The molecule has 0 saturated carbocycles. The van der Waals surface area contributed by atoms with Gasteiger partial charge >= 0.3 is 5.97 Å². The van der Waals surface area contributed by atoms with Crippen LogP contribution in [0.4, 0.5) is 13.2 Å². The quantitative estimate of drug-likeness (QED) is 0.250. The van der Waals surface area contributed by atoms with Gasteiger partial charge in [0.15, 0.2) is 17.2 Å². The van der Waals surface area contributed by atoms with Crippen molar-refractivity contribution in [3.05, 3.63) is 94.0 Å². The maximum Gasteiger partial charge on any atom is 0.354 e. The second-order valence-corrected chi connectivity index (χ2v) is 9.90. The molecule has 14 heteroatoms. The van der Waals surface area contributed by atoms with E-state index in [4.69, 9.17) is 21.1 Å². The highest BCUT2D eigenvalue weighted by Crippen LogP contribution is 2.26. The number of nitrogens with zero attached hydrogens (tertiary/aromatic N) is 6. The maximum absolute atomic E-state index is 15.4. The molecule has 0 aliphatic carbocycles. The SMILES string of the molecule is O=C(O)c1ccc2nc(Cc3ccc(-c4ncc(F)c(OCc5ncc(Cl)cc5F)n4)cc3F)n(CC3CCO3)c2n1. The van der Waals surface area contributed by atoms with E-state index < -0.39 is 35.9 Å². The third-order valence-electron chi connectivity index (χ3n) is 6.67. The lowest BCUT2D eigenvalue weighted by Crippen LogP contribution is -2.32. The second-order valence-electron chi connectivity index (χ2n) is 9.46. The summed E-state index contributed by atoms with van der Waals surface area (Å²) in [5, 5.41) is 9.48. The third-order valence-corrected chi connectivity index (χ3v) is 6.88. The first kappa shape index (κ1) is 27.5. The first-order valence-electron chi connectivity index (χ1n) is 12.7. The van der Waals surface area contributed by atoms with Gasteiger partial charge < -0.3 is 19.1 Å². The van der Waals surface area contributed by atoms with Gasteiger partial charge in [-0.2, -0.15) is 9.37 Å². The van der Waals surface area contributed by atoms with Crippen molar-refractivity contribution >= 4 is 28.7 Å². The van der Waals surface area contributed by atoms with E-state index in [1.165, 1.54) is 24.4 Å². The first-order chi connectivity index (χ1) is 20.2. The Bertz CT molecular complexity index is 1830. The minimum absolute atomic E-state index is 0.0128. The molecule has 1 atom stereocenters. The molecule has 6 rings (SSSR count). The van der Waals surface area contributed by atoms with Crippen LogP contribution in [0.15, 0.2) is 48.8 Å². The fraction of sp³-hybridized carbons (Fsp3) is 0.214. The molecule has 5 aromatic rings. The molecule has 42 heavy (non-hydrogen) atoms. The second kappa shape index (κ2) is 11.3. The van der Waals surface area contributed by atoms with Crippen molar-refractivity contribution in [2.75, 3.05) is 6.61 Å². The van der Waals surface area contributed by atoms with E-state index in [1.807, 2.05) is 0 Å². The summed E-state index contributed by atoms with van der Waals surface area (Å²) >= 11 is 5.70. The Kier molecular flexibility index (Phi) is 7.43. The van der Waals surface area contributed by atoms with Crippen molar-refractivity contribution < 1.29 is 32.5 Å². The summed E-state index contributed by atoms with van der Waals surface area (Å²) in [6, 6.07) is 8.29. The largest absolute Gasteiger partial charge is 0.477 e. The highest BCUT2D eigenvalue weighted by molar-refractivity contribution is 6.30. The number of carboxylic acids is 1. The van der Waals surface area contributed by atoms with Crippen LogP contribution >= 0.6 is 11.6 Å². The highest BCUT2D eigenvalue weighted by Gasteiger charge is 2.24. The predicted octanol–water partition coefficient (Wildman–Crippen LogP) is 5.01. The van der Waals surface area contributed by atoms with Crippen LogP contribution in [0, 0.1) is 17.5 Å². The summed E-state index contributed by atoms with van der Waals surface area (Å²) in [6.07, 6.45) is 2.93. The van der Waals surface area contributed by atoms with Gasteiger partial charge in [0.25, 0.3) is 5.88 Å². The Labute approximate surface area is 240 Å². The normalized spacial score (nSPS) is 14.6. The Morgan fingerprint density at radius 2 is 1.88 bits per heavy atom. The maximum atomic E-state index is 15.4.